The first kappa shape index (κ1) is 16.8. The molecule has 3 rings (SSSR count). The number of nitrogens with one attached hydrogen (secondary N) is 1. The Hall–Kier alpha value is -3.02. The van der Waals surface area contributed by atoms with Gasteiger partial charge < -0.3 is 20.5 Å². The molecule has 2 amide bonds. The van der Waals surface area contributed by atoms with Gasteiger partial charge in [0.1, 0.15) is 11.5 Å². The van der Waals surface area contributed by atoms with Crippen LogP contribution >= 0.6 is 0 Å². The summed E-state index contributed by atoms with van der Waals surface area (Å²) < 4.78 is 11.2. The van der Waals surface area contributed by atoms with Gasteiger partial charge in [-0.1, -0.05) is 18.2 Å². The van der Waals surface area contributed by atoms with Crippen LogP contribution in [0.15, 0.2) is 48.5 Å². The number of carbonyl (C=O) groups is 2. The van der Waals surface area contributed by atoms with E-state index in [1.54, 1.807) is 24.3 Å². The molecule has 6 nitrogen and oxygen atoms in total. The lowest BCUT2D eigenvalue weighted by molar-refractivity contribution is -0.123. The second-order valence-electron chi connectivity index (χ2n) is 5.83. The number of para-hydroxylation sites is 1. The Morgan fingerprint density at radius 2 is 1.92 bits per heavy atom. The molecule has 0 fully saturated rings. The van der Waals surface area contributed by atoms with E-state index in [0.29, 0.717) is 17.9 Å². The van der Waals surface area contributed by atoms with Gasteiger partial charge in [0.25, 0.3) is 5.91 Å². The van der Waals surface area contributed by atoms with Gasteiger partial charge in [0.2, 0.25) is 5.91 Å². The molecule has 0 radical (unpaired) electrons. The third-order valence-electron chi connectivity index (χ3n) is 4.03. The molecule has 1 unspecified atom stereocenters. The fourth-order valence-electron chi connectivity index (χ4n) is 2.78. The first-order valence-electron chi connectivity index (χ1n) is 8.17. The van der Waals surface area contributed by atoms with Crippen molar-refractivity contribution in [3.63, 3.8) is 0 Å². The minimum absolute atomic E-state index is 0.0907. The van der Waals surface area contributed by atoms with Crippen LogP contribution in [0, 0.1) is 0 Å². The monoisotopic (exact) mass is 340 g/mol. The lowest BCUT2D eigenvalue weighted by atomic mass is 10.0. The van der Waals surface area contributed by atoms with Gasteiger partial charge in [-0.25, -0.2) is 0 Å². The van der Waals surface area contributed by atoms with E-state index in [9.17, 15) is 9.59 Å². The first-order chi connectivity index (χ1) is 12.1. The van der Waals surface area contributed by atoms with Crippen molar-refractivity contribution in [2.45, 2.75) is 18.9 Å². The van der Waals surface area contributed by atoms with Gasteiger partial charge in [0.15, 0.2) is 6.61 Å². The summed E-state index contributed by atoms with van der Waals surface area (Å²) in [5.74, 6) is 0.609. The van der Waals surface area contributed by atoms with Crippen LogP contribution in [0.4, 0.5) is 0 Å². The summed E-state index contributed by atoms with van der Waals surface area (Å²) in [6.45, 7) is 0.543. The molecule has 0 saturated carbocycles. The van der Waals surface area contributed by atoms with Crippen molar-refractivity contribution >= 4 is 11.8 Å². The fourth-order valence-corrected chi connectivity index (χ4v) is 2.78. The smallest absolute Gasteiger partial charge is 0.258 e. The van der Waals surface area contributed by atoms with E-state index in [0.717, 1.165) is 24.2 Å². The van der Waals surface area contributed by atoms with Crippen LogP contribution in [0.1, 0.15) is 34.8 Å². The van der Waals surface area contributed by atoms with Crippen LogP contribution in [-0.4, -0.2) is 25.0 Å². The molecule has 25 heavy (non-hydrogen) atoms. The number of amides is 2. The van der Waals surface area contributed by atoms with Gasteiger partial charge >= 0.3 is 0 Å². The van der Waals surface area contributed by atoms with Crippen LogP contribution < -0.4 is 20.5 Å². The van der Waals surface area contributed by atoms with Crippen LogP contribution in [-0.2, 0) is 4.79 Å². The summed E-state index contributed by atoms with van der Waals surface area (Å²) in [5.41, 5.74) is 6.57. The van der Waals surface area contributed by atoms with Gasteiger partial charge in [-0.2, -0.15) is 0 Å². The third-order valence-corrected chi connectivity index (χ3v) is 4.03. The topological polar surface area (TPSA) is 90.7 Å². The minimum Gasteiger partial charge on any atom is -0.493 e. The van der Waals surface area contributed by atoms with Crippen LogP contribution in [0.5, 0.6) is 11.5 Å². The lowest BCUT2D eigenvalue weighted by Gasteiger charge is -2.18. The average Bonchev–Trinajstić information content (AvgIpc) is 2.83. The highest BCUT2D eigenvalue weighted by molar-refractivity contribution is 5.92. The molecule has 0 aliphatic carbocycles. The van der Waals surface area contributed by atoms with Crippen molar-refractivity contribution in [2.75, 3.05) is 13.2 Å². The van der Waals surface area contributed by atoms with Crippen molar-refractivity contribution in [2.24, 2.45) is 5.73 Å². The number of ether oxygens (including phenoxy) is 2. The summed E-state index contributed by atoms with van der Waals surface area (Å²) in [4.78, 5) is 23.3. The highest BCUT2D eigenvalue weighted by Crippen LogP contribution is 2.31. The van der Waals surface area contributed by atoms with Gasteiger partial charge in [-0.15, -0.1) is 0 Å². The molecular formula is C19H20N2O4. The van der Waals surface area contributed by atoms with Gasteiger partial charge in [0.05, 0.1) is 12.6 Å². The lowest BCUT2D eigenvalue weighted by Crippen LogP contribution is -2.32. The van der Waals surface area contributed by atoms with Crippen LogP contribution in [0.2, 0.25) is 0 Å². The second-order valence-corrected chi connectivity index (χ2v) is 5.83. The predicted octanol–water partition coefficient (Wildman–Crippen LogP) is 2.19. The maximum absolute atomic E-state index is 12.2. The van der Waals surface area contributed by atoms with Crippen LogP contribution in [0.3, 0.4) is 0 Å². The molecule has 0 bridgehead atoms. The number of hydrogen-bond donors (Lipinski definition) is 2. The Balaban J connectivity index is 1.58. The van der Waals surface area contributed by atoms with Gasteiger partial charge in [-0.3, -0.25) is 9.59 Å². The van der Waals surface area contributed by atoms with Crippen molar-refractivity contribution in [1.29, 1.82) is 0 Å². The molecule has 6 heteroatoms. The molecule has 0 saturated heterocycles. The zero-order valence-electron chi connectivity index (χ0n) is 13.7. The first-order valence-corrected chi connectivity index (χ1v) is 8.17. The van der Waals surface area contributed by atoms with E-state index in [2.05, 4.69) is 5.32 Å². The largest absolute Gasteiger partial charge is 0.493 e. The SMILES string of the molecule is NC(=O)c1ccc(OCC(=O)NC2CCCOc3ccccc32)cc1. The number of hydrogen-bond acceptors (Lipinski definition) is 4. The molecule has 0 aromatic heterocycles. The standard InChI is InChI=1S/C19H20N2O4/c20-19(23)13-7-9-14(10-8-13)25-12-18(22)21-16-5-3-11-24-17-6-2-1-4-15(16)17/h1-2,4,6-10,16H,3,5,11-12H2,(H2,20,23)(H,21,22). The quantitative estimate of drug-likeness (QED) is 0.873. The normalized spacial score (nSPS) is 16.1. The predicted molar refractivity (Wildman–Crippen MR) is 92.5 cm³/mol. The van der Waals surface area contributed by atoms with E-state index < -0.39 is 5.91 Å². The maximum Gasteiger partial charge on any atom is 0.258 e. The maximum atomic E-state index is 12.2. The highest BCUT2D eigenvalue weighted by atomic mass is 16.5. The van der Waals surface area contributed by atoms with Crippen molar-refractivity contribution < 1.29 is 19.1 Å². The van der Waals surface area contributed by atoms with E-state index in [4.69, 9.17) is 15.2 Å². The molecule has 130 valence electrons. The second kappa shape index (κ2) is 7.70. The molecule has 1 aliphatic rings. The highest BCUT2D eigenvalue weighted by Gasteiger charge is 2.21. The summed E-state index contributed by atoms with van der Waals surface area (Å²) in [6.07, 6.45) is 1.69. The molecule has 3 N–H and O–H groups in total. The van der Waals surface area contributed by atoms with Crippen molar-refractivity contribution in [3.05, 3.63) is 59.7 Å². The Morgan fingerprint density at radius 3 is 2.68 bits per heavy atom. The summed E-state index contributed by atoms with van der Waals surface area (Å²) in [7, 11) is 0. The van der Waals surface area contributed by atoms with Gasteiger partial charge in [0, 0.05) is 11.1 Å². The average molecular weight is 340 g/mol. The van der Waals surface area contributed by atoms with E-state index in [-0.39, 0.29) is 18.6 Å². The number of benzene rings is 2. The Morgan fingerprint density at radius 1 is 1.16 bits per heavy atom. The molecule has 0 spiro atoms. The van der Waals surface area contributed by atoms with E-state index >= 15 is 0 Å². The molecule has 1 aliphatic heterocycles. The van der Waals surface area contributed by atoms with E-state index in [1.807, 2.05) is 24.3 Å². The molecule has 1 heterocycles. The van der Waals surface area contributed by atoms with Crippen molar-refractivity contribution in [3.8, 4) is 11.5 Å². The summed E-state index contributed by atoms with van der Waals surface area (Å²) in [6, 6.07) is 14.0. The number of carbonyl (C=O) groups excluding carboxylic acids is 2. The zero-order chi connectivity index (χ0) is 17.6. The van der Waals surface area contributed by atoms with Crippen LogP contribution in [0.25, 0.3) is 0 Å². The Labute approximate surface area is 145 Å². The molecule has 1 atom stereocenters. The third kappa shape index (κ3) is 4.29. The minimum atomic E-state index is -0.501. The number of nitrogens with two attached hydrogens (primary N) is 1. The summed E-state index contributed by atoms with van der Waals surface area (Å²) in [5, 5.41) is 3.00. The Kier molecular flexibility index (Phi) is 5.18. The number of rotatable bonds is 5. The van der Waals surface area contributed by atoms with Gasteiger partial charge in [-0.05, 0) is 43.2 Å². The zero-order valence-corrected chi connectivity index (χ0v) is 13.7. The molecule has 2 aromatic rings. The summed E-state index contributed by atoms with van der Waals surface area (Å²) >= 11 is 0. The molecule has 2 aromatic carbocycles. The number of fused-ring (bicyclic) bond motifs is 1. The Bertz CT molecular complexity index is 758. The fraction of sp³-hybridized carbons (Fsp3) is 0.263. The number of primary amides is 1. The van der Waals surface area contributed by atoms with Crippen molar-refractivity contribution in [1.82, 2.24) is 5.32 Å². The van der Waals surface area contributed by atoms with E-state index in [1.165, 1.54) is 0 Å². The molecular weight excluding hydrogens is 320 g/mol.